The Morgan fingerprint density at radius 3 is 1.25 bits per heavy atom. The molecule has 0 bridgehead atoms. The van der Waals surface area contributed by atoms with Gasteiger partial charge in [0.15, 0.2) is 0 Å². The third-order valence-corrected chi connectivity index (χ3v) is 4.19. The highest BCUT2D eigenvalue weighted by Crippen LogP contribution is 2.64. The van der Waals surface area contributed by atoms with Gasteiger partial charge < -0.3 is 9.47 Å². The van der Waals surface area contributed by atoms with Crippen LogP contribution < -0.4 is 0 Å². The average Bonchev–Trinajstić information content (AvgIpc) is 3.41. The summed E-state index contributed by atoms with van der Waals surface area (Å²) < 4.78 is 231. The van der Waals surface area contributed by atoms with Crippen molar-refractivity contribution in [2.75, 3.05) is 13.2 Å². The SMILES string of the molecule is CC(OCC1CO1)C(F)(F)C(F)(F)C(F)(F)C(F)(F)C(F)(F)C(F)(F)C(F)(F)C(F)(F)F. The zero-order chi connectivity index (χ0) is 26.0. The normalized spacial score (nSPS) is 21.0. The van der Waals surface area contributed by atoms with Crippen molar-refractivity contribution in [3.63, 3.8) is 0 Å². The number of hydrogen-bond donors (Lipinski definition) is 0. The fourth-order valence-electron chi connectivity index (χ4n) is 1.95. The van der Waals surface area contributed by atoms with Crippen LogP contribution in [0.15, 0.2) is 0 Å². The number of rotatable bonds is 10. The van der Waals surface area contributed by atoms with Gasteiger partial charge in [-0.3, -0.25) is 0 Å². The summed E-state index contributed by atoms with van der Waals surface area (Å²) in [6.07, 6.45) is -12.3. The van der Waals surface area contributed by atoms with E-state index in [0.717, 1.165) is 0 Å². The summed E-state index contributed by atoms with van der Waals surface area (Å²) in [7, 11) is 0. The molecule has 0 aromatic carbocycles. The first-order valence-electron chi connectivity index (χ1n) is 7.69. The topological polar surface area (TPSA) is 21.8 Å². The quantitative estimate of drug-likeness (QED) is 0.269. The Labute approximate surface area is 165 Å². The first-order valence-corrected chi connectivity index (χ1v) is 7.69. The lowest BCUT2D eigenvalue weighted by atomic mass is 9.88. The predicted molar refractivity (Wildman–Crippen MR) is 65.8 cm³/mol. The van der Waals surface area contributed by atoms with Crippen LogP contribution in [0.1, 0.15) is 6.92 Å². The lowest BCUT2D eigenvalue weighted by Gasteiger charge is -2.43. The third kappa shape index (κ3) is 3.85. The van der Waals surface area contributed by atoms with Gasteiger partial charge in [-0.1, -0.05) is 0 Å². The Kier molecular flexibility index (Phi) is 6.85. The molecule has 2 unspecified atom stereocenters. The molecule has 19 heteroatoms. The lowest BCUT2D eigenvalue weighted by Crippen LogP contribution is -2.75. The van der Waals surface area contributed by atoms with Gasteiger partial charge in [-0.05, 0) is 6.92 Å². The second kappa shape index (κ2) is 7.63. The van der Waals surface area contributed by atoms with Crippen molar-refractivity contribution in [1.29, 1.82) is 0 Å². The molecule has 1 heterocycles. The summed E-state index contributed by atoms with van der Waals surface area (Å²) in [6, 6.07) is 0. The standard InChI is InChI=1S/C13H9F17O2/c1-4(31-2-5-3-32-5)6(14,15)7(16,17)8(18,19)9(20,21)10(22,23)11(24,25)12(26,27)13(28,29)30/h4-5H,2-3H2,1H3. The van der Waals surface area contributed by atoms with E-state index in [-0.39, 0.29) is 13.5 Å². The van der Waals surface area contributed by atoms with E-state index < -0.39 is 66.4 Å². The number of ether oxygens (including phenoxy) is 2. The molecule has 32 heavy (non-hydrogen) atoms. The Balaban J connectivity index is 3.47. The van der Waals surface area contributed by atoms with Crippen LogP contribution in [0.3, 0.4) is 0 Å². The van der Waals surface area contributed by atoms with Crippen molar-refractivity contribution in [2.45, 2.75) is 66.8 Å². The Morgan fingerprint density at radius 1 is 0.625 bits per heavy atom. The first kappa shape index (κ1) is 28.8. The minimum atomic E-state index is -8.63. The van der Waals surface area contributed by atoms with Gasteiger partial charge in [0.05, 0.1) is 13.2 Å². The van der Waals surface area contributed by atoms with Crippen molar-refractivity contribution in [3.05, 3.63) is 0 Å². The van der Waals surface area contributed by atoms with E-state index in [2.05, 4.69) is 9.47 Å². The van der Waals surface area contributed by atoms with Gasteiger partial charge in [-0.25, -0.2) is 0 Å². The van der Waals surface area contributed by atoms with Gasteiger partial charge in [-0.15, -0.1) is 0 Å². The molecule has 2 atom stereocenters. The van der Waals surface area contributed by atoms with E-state index in [4.69, 9.17) is 0 Å². The lowest BCUT2D eigenvalue weighted by molar-refractivity contribution is -0.464. The van der Waals surface area contributed by atoms with Crippen molar-refractivity contribution in [1.82, 2.24) is 0 Å². The third-order valence-electron chi connectivity index (χ3n) is 4.19. The summed E-state index contributed by atoms with van der Waals surface area (Å²) in [5, 5.41) is 0. The Morgan fingerprint density at radius 2 is 0.938 bits per heavy atom. The van der Waals surface area contributed by atoms with E-state index in [9.17, 15) is 74.6 Å². The summed E-state index contributed by atoms with van der Waals surface area (Å²) in [4.78, 5) is 0. The fourth-order valence-corrected chi connectivity index (χ4v) is 1.95. The molecule has 0 aromatic rings. The fraction of sp³-hybridized carbons (Fsp3) is 1.00. The van der Waals surface area contributed by atoms with Crippen LogP contribution in [-0.4, -0.2) is 73.1 Å². The molecule has 0 spiro atoms. The van der Waals surface area contributed by atoms with Crippen molar-refractivity contribution < 1.29 is 84.1 Å². The number of epoxide rings is 1. The van der Waals surface area contributed by atoms with Gasteiger partial charge >= 0.3 is 47.6 Å². The zero-order valence-electron chi connectivity index (χ0n) is 14.8. The van der Waals surface area contributed by atoms with E-state index in [0.29, 0.717) is 0 Å². The van der Waals surface area contributed by atoms with Crippen LogP contribution in [0.2, 0.25) is 0 Å². The summed E-state index contributed by atoms with van der Waals surface area (Å²) in [5.74, 6) is -56.5. The number of alkyl halides is 17. The predicted octanol–water partition coefficient (Wildman–Crippen LogP) is 5.80. The molecule has 2 nitrogen and oxygen atoms in total. The molecular formula is C13H9F17O2. The summed E-state index contributed by atoms with van der Waals surface area (Å²) in [6.45, 7) is -1.38. The monoisotopic (exact) mass is 520 g/mol. The van der Waals surface area contributed by atoms with E-state index in [1.54, 1.807) is 0 Å². The van der Waals surface area contributed by atoms with Gasteiger partial charge in [0.25, 0.3) is 0 Å². The summed E-state index contributed by atoms with van der Waals surface area (Å²) >= 11 is 0. The average molecular weight is 520 g/mol. The molecule has 0 saturated carbocycles. The van der Waals surface area contributed by atoms with Gasteiger partial charge in [-0.2, -0.15) is 74.6 Å². The van der Waals surface area contributed by atoms with Gasteiger partial charge in [0.1, 0.15) is 12.2 Å². The molecule has 0 aliphatic carbocycles. The second-order valence-electron chi connectivity index (χ2n) is 6.50. The molecule has 192 valence electrons. The maximum absolute atomic E-state index is 13.7. The minimum Gasteiger partial charge on any atom is -0.371 e. The molecule has 1 rings (SSSR count). The molecule has 0 aromatic heterocycles. The Bertz CT molecular complexity index is 678. The maximum atomic E-state index is 13.7. The van der Waals surface area contributed by atoms with E-state index in [1.807, 2.05) is 0 Å². The highest BCUT2D eigenvalue weighted by Gasteiger charge is 2.95. The van der Waals surface area contributed by atoms with Crippen LogP contribution in [0.5, 0.6) is 0 Å². The molecule has 0 amide bonds. The van der Waals surface area contributed by atoms with E-state index >= 15 is 0 Å². The van der Waals surface area contributed by atoms with Crippen molar-refractivity contribution in [2.24, 2.45) is 0 Å². The van der Waals surface area contributed by atoms with Crippen LogP contribution in [0.25, 0.3) is 0 Å². The van der Waals surface area contributed by atoms with Crippen molar-refractivity contribution in [3.8, 4) is 0 Å². The molecular weight excluding hydrogens is 511 g/mol. The first-order chi connectivity index (χ1) is 13.7. The molecule has 1 aliphatic heterocycles. The molecule has 0 radical (unpaired) electrons. The highest BCUT2D eigenvalue weighted by atomic mass is 19.4. The van der Waals surface area contributed by atoms with Gasteiger partial charge in [0.2, 0.25) is 0 Å². The minimum absolute atomic E-state index is 0.158. The molecule has 1 aliphatic rings. The molecule has 0 N–H and O–H groups in total. The van der Waals surface area contributed by atoms with Crippen LogP contribution in [0, 0.1) is 0 Å². The smallest absolute Gasteiger partial charge is 0.371 e. The van der Waals surface area contributed by atoms with Crippen LogP contribution in [-0.2, 0) is 9.47 Å². The zero-order valence-corrected chi connectivity index (χ0v) is 14.8. The summed E-state index contributed by atoms with van der Waals surface area (Å²) in [5.41, 5.74) is 0. The second-order valence-corrected chi connectivity index (χ2v) is 6.50. The maximum Gasteiger partial charge on any atom is 0.460 e. The number of hydrogen-bond acceptors (Lipinski definition) is 2. The molecule has 1 saturated heterocycles. The van der Waals surface area contributed by atoms with E-state index in [1.165, 1.54) is 0 Å². The van der Waals surface area contributed by atoms with Gasteiger partial charge in [0, 0.05) is 0 Å². The van der Waals surface area contributed by atoms with Crippen LogP contribution >= 0.6 is 0 Å². The van der Waals surface area contributed by atoms with Crippen molar-refractivity contribution >= 4 is 0 Å². The highest BCUT2D eigenvalue weighted by molar-refractivity contribution is 5.15. The Hall–Kier alpha value is -1.27. The number of halogens is 17. The largest absolute Gasteiger partial charge is 0.460 e. The molecule has 1 fully saturated rings. The van der Waals surface area contributed by atoms with Crippen LogP contribution in [0.4, 0.5) is 74.6 Å².